The summed E-state index contributed by atoms with van der Waals surface area (Å²) in [7, 11) is 0. The van der Waals surface area contributed by atoms with Gasteiger partial charge in [-0.05, 0) is 20.8 Å². The van der Waals surface area contributed by atoms with E-state index in [2.05, 4.69) is 13.2 Å². The number of hydrogen-bond acceptors (Lipinski definition) is 5. The Labute approximate surface area is 108 Å². The lowest BCUT2D eigenvalue weighted by atomic mass is 10.3. The standard InChI is InChI=1S/C13H22O5/c1-6-15-12(5)17-8-7-16-11(4)9-18-13(14)10(2)3/h6,11-12H,1-2,7-9H2,3-5H3. The van der Waals surface area contributed by atoms with Gasteiger partial charge >= 0.3 is 5.97 Å². The Morgan fingerprint density at radius 2 is 1.89 bits per heavy atom. The summed E-state index contributed by atoms with van der Waals surface area (Å²) in [5.41, 5.74) is 0.376. The van der Waals surface area contributed by atoms with Crippen LogP contribution < -0.4 is 0 Å². The molecule has 0 aliphatic heterocycles. The van der Waals surface area contributed by atoms with Crippen molar-refractivity contribution in [3.05, 3.63) is 25.0 Å². The molecule has 5 heteroatoms. The Hall–Kier alpha value is -1.33. The van der Waals surface area contributed by atoms with E-state index in [0.717, 1.165) is 0 Å². The summed E-state index contributed by atoms with van der Waals surface area (Å²) in [6.45, 7) is 13.1. The van der Waals surface area contributed by atoms with Crippen molar-refractivity contribution in [2.45, 2.75) is 33.2 Å². The van der Waals surface area contributed by atoms with Crippen molar-refractivity contribution in [3.63, 3.8) is 0 Å². The van der Waals surface area contributed by atoms with Gasteiger partial charge in [0.05, 0.1) is 25.6 Å². The van der Waals surface area contributed by atoms with Crippen LogP contribution in [0.4, 0.5) is 0 Å². The van der Waals surface area contributed by atoms with Gasteiger partial charge in [-0.25, -0.2) is 4.79 Å². The maximum absolute atomic E-state index is 11.1. The summed E-state index contributed by atoms with van der Waals surface area (Å²) in [5.74, 6) is -0.408. The first-order valence-electron chi connectivity index (χ1n) is 5.79. The molecule has 0 bridgehead atoms. The van der Waals surface area contributed by atoms with Gasteiger partial charge in [0.2, 0.25) is 0 Å². The minimum Gasteiger partial charge on any atom is -0.473 e. The lowest BCUT2D eigenvalue weighted by Crippen LogP contribution is -2.22. The summed E-state index contributed by atoms with van der Waals surface area (Å²) in [4.78, 5) is 11.1. The van der Waals surface area contributed by atoms with Crippen molar-refractivity contribution >= 4 is 5.97 Å². The van der Waals surface area contributed by atoms with Crippen molar-refractivity contribution < 1.29 is 23.7 Å². The Morgan fingerprint density at radius 3 is 2.44 bits per heavy atom. The minimum atomic E-state index is -0.408. The summed E-state index contributed by atoms with van der Waals surface area (Å²) in [6, 6.07) is 0. The smallest absolute Gasteiger partial charge is 0.333 e. The van der Waals surface area contributed by atoms with E-state index in [9.17, 15) is 4.79 Å². The van der Waals surface area contributed by atoms with Crippen molar-refractivity contribution in [2.75, 3.05) is 19.8 Å². The summed E-state index contributed by atoms with van der Waals surface area (Å²) in [6.07, 6.45) is 0.792. The molecule has 0 aliphatic rings. The van der Waals surface area contributed by atoms with Crippen molar-refractivity contribution in [3.8, 4) is 0 Å². The van der Waals surface area contributed by atoms with Gasteiger partial charge in [0.1, 0.15) is 6.61 Å². The summed E-state index contributed by atoms with van der Waals surface area (Å²) >= 11 is 0. The second-order valence-electron chi connectivity index (χ2n) is 3.80. The molecule has 0 aromatic carbocycles. The number of carbonyl (C=O) groups is 1. The van der Waals surface area contributed by atoms with Crippen molar-refractivity contribution in [1.29, 1.82) is 0 Å². The first-order valence-corrected chi connectivity index (χ1v) is 5.79. The van der Waals surface area contributed by atoms with Crippen LogP contribution in [0.5, 0.6) is 0 Å². The molecular weight excluding hydrogens is 236 g/mol. The lowest BCUT2D eigenvalue weighted by molar-refractivity contribution is -0.144. The Kier molecular flexibility index (Phi) is 8.96. The first kappa shape index (κ1) is 16.7. The van der Waals surface area contributed by atoms with Crippen molar-refractivity contribution in [1.82, 2.24) is 0 Å². The van der Waals surface area contributed by atoms with Gasteiger partial charge in [-0.2, -0.15) is 0 Å². The third-order valence-corrected chi connectivity index (χ3v) is 1.92. The van der Waals surface area contributed by atoms with E-state index < -0.39 is 5.97 Å². The number of rotatable bonds is 10. The van der Waals surface area contributed by atoms with E-state index in [1.54, 1.807) is 13.8 Å². The van der Waals surface area contributed by atoms with Gasteiger partial charge in [0, 0.05) is 5.57 Å². The van der Waals surface area contributed by atoms with Gasteiger partial charge in [-0.3, -0.25) is 0 Å². The maximum Gasteiger partial charge on any atom is 0.333 e. The van der Waals surface area contributed by atoms with Gasteiger partial charge in [-0.1, -0.05) is 13.2 Å². The van der Waals surface area contributed by atoms with E-state index in [4.69, 9.17) is 18.9 Å². The largest absolute Gasteiger partial charge is 0.473 e. The minimum absolute atomic E-state index is 0.187. The second-order valence-corrected chi connectivity index (χ2v) is 3.80. The third kappa shape index (κ3) is 8.78. The zero-order valence-corrected chi connectivity index (χ0v) is 11.3. The maximum atomic E-state index is 11.1. The number of hydrogen-bond donors (Lipinski definition) is 0. The van der Waals surface area contributed by atoms with Crippen LogP contribution >= 0.6 is 0 Å². The van der Waals surface area contributed by atoms with Crippen LogP contribution in [0.25, 0.3) is 0 Å². The first-order chi connectivity index (χ1) is 8.47. The zero-order chi connectivity index (χ0) is 14.0. The van der Waals surface area contributed by atoms with E-state index in [-0.39, 0.29) is 19.0 Å². The molecule has 0 heterocycles. The van der Waals surface area contributed by atoms with Crippen LogP contribution in [0.15, 0.2) is 25.0 Å². The normalized spacial score (nSPS) is 13.5. The van der Waals surface area contributed by atoms with Crippen LogP contribution in [0.3, 0.4) is 0 Å². The topological polar surface area (TPSA) is 54.0 Å². The second kappa shape index (κ2) is 9.67. The zero-order valence-electron chi connectivity index (χ0n) is 11.3. The highest BCUT2D eigenvalue weighted by atomic mass is 16.7. The van der Waals surface area contributed by atoms with Gasteiger partial charge < -0.3 is 18.9 Å². The van der Waals surface area contributed by atoms with E-state index in [1.807, 2.05) is 6.92 Å². The molecule has 0 rings (SSSR count). The van der Waals surface area contributed by atoms with Gasteiger partial charge in [0.15, 0.2) is 6.29 Å². The molecule has 0 saturated carbocycles. The van der Waals surface area contributed by atoms with Crippen molar-refractivity contribution in [2.24, 2.45) is 0 Å². The fraction of sp³-hybridized carbons (Fsp3) is 0.615. The van der Waals surface area contributed by atoms with Gasteiger partial charge in [-0.15, -0.1) is 0 Å². The molecule has 2 unspecified atom stereocenters. The highest BCUT2D eigenvalue weighted by Crippen LogP contribution is 1.98. The fourth-order valence-corrected chi connectivity index (χ4v) is 1.00. The summed E-state index contributed by atoms with van der Waals surface area (Å²) < 4.78 is 20.5. The Morgan fingerprint density at radius 1 is 1.28 bits per heavy atom. The molecule has 0 fully saturated rings. The molecule has 0 spiro atoms. The SMILES string of the molecule is C=COC(C)OCCOC(C)COC(=O)C(=C)C. The van der Waals surface area contributed by atoms with Crippen LogP contribution in [-0.4, -0.2) is 38.2 Å². The summed E-state index contributed by atoms with van der Waals surface area (Å²) in [5, 5.41) is 0. The lowest BCUT2D eigenvalue weighted by Gasteiger charge is -2.15. The molecule has 0 radical (unpaired) electrons. The van der Waals surface area contributed by atoms with E-state index >= 15 is 0 Å². The quantitative estimate of drug-likeness (QED) is 0.197. The van der Waals surface area contributed by atoms with Crippen LogP contribution in [0.2, 0.25) is 0 Å². The predicted octanol–water partition coefficient (Wildman–Crippen LogP) is 2.03. The molecule has 0 aromatic heterocycles. The average molecular weight is 258 g/mol. The monoisotopic (exact) mass is 258 g/mol. The molecule has 5 nitrogen and oxygen atoms in total. The van der Waals surface area contributed by atoms with Crippen LogP contribution in [-0.2, 0) is 23.7 Å². The van der Waals surface area contributed by atoms with E-state index in [0.29, 0.717) is 18.8 Å². The molecular formula is C13H22O5. The molecule has 0 amide bonds. The van der Waals surface area contributed by atoms with Gasteiger partial charge in [0.25, 0.3) is 0 Å². The Balaban J connectivity index is 3.53. The fourth-order valence-electron chi connectivity index (χ4n) is 1.00. The molecule has 0 N–H and O–H groups in total. The van der Waals surface area contributed by atoms with E-state index in [1.165, 1.54) is 6.26 Å². The molecule has 18 heavy (non-hydrogen) atoms. The van der Waals surface area contributed by atoms with Crippen LogP contribution in [0, 0.1) is 0 Å². The average Bonchev–Trinajstić information content (AvgIpc) is 2.31. The molecule has 0 aliphatic carbocycles. The number of carbonyl (C=O) groups excluding carboxylic acids is 1. The highest BCUT2D eigenvalue weighted by molar-refractivity contribution is 5.86. The Bertz CT molecular complexity index is 275. The number of ether oxygens (including phenoxy) is 4. The molecule has 0 saturated heterocycles. The highest BCUT2D eigenvalue weighted by Gasteiger charge is 2.08. The predicted molar refractivity (Wildman–Crippen MR) is 67.9 cm³/mol. The molecule has 0 aromatic rings. The molecule has 2 atom stereocenters. The third-order valence-electron chi connectivity index (χ3n) is 1.92. The number of esters is 1. The molecule has 104 valence electrons. The van der Waals surface area contributed by atoms with Crippen LogP contribution in [0.1, 0.15) is 20.8 Å².